The summed E-state index contributed by atoms with van der Waals surface area (Å²) in [5, 5.41) is 17.0. The van der Waals surface area contributed by atoms with E-state index >= 15 is 0 Å². The number of aromatic nitrogens is 4. The molecule has 5 aromatic rings. The van der Waals surface area contributed by atoms with Crippen LogP contribution in [0.25, 0.3) is 33.3 Å². The number of fused-ring (bicyclic) bond motifs is 2. The first-order chi connectivity index (χ1) is 26.4. The second-order valence-electron chi connectivity index (χ2n) is 14.7. The summed E-state index contributed by atoms with van der Waals surface area (Å²) in [4.78, 5) is 52.5. The normalized spacial score (nSPS) is 19.7. The van der Waals surface area contributed by atoms with Crippen LogP contribution in [-0.2, 0) is 20.5 Å². The molecule has 286 valence electrons. The molecule has 3 aromatic heterocycles. The van der Waals surface area contributed by atoms with Crippen molar-refractivity contribution < 1.29 is 14.6 Å². The van der Waals surface area contributed by atoms with Crippen LogP contribution in [0.5, 0.6) is 5.88 Å². The van der Waals surface area contributed by atoms with Crippen LogP contribution >= 0.6 is 23.2 Å². The van der Waals surface area contributed by atoms with Crippen LogP contribution in [-0.4, -0.2) is 85.5 Å². The third kappa shape index (κ3) is 6.32. The number of aryl methyl sites for hydroxylation is 3. The molecule has 2 amide bonds. The number of benzene rings is 2. The number of pyridine rings is 2. The van der Waals surface area contributed by atoms with Gasteiger partial charge in [-0.15, -0.1) is 0 Å². The highest BCUT2D eigenvalue weighted by molar-refractivity contribution is 6.39. The van der Waals surface area contributed by atoms with Gasteiger partial charge in [-0.1, -0.05) is 53.5 Å². The number of nitrogens with one attached hydrogen (secondary N) is 2. The van der Waals surface area contributed by atoms with Crippen LogP contribution < -0.4 is 26.6 Å². The average molecular weight is 786 g/mol. The van der Waals surface area contributed by atoms with E-state index in [1.54, 1.807) is 38.1 Å². The van der Waals surface area contributed by atoms with Crippen molar-refractivity contribution in [1.82, 2.24) is 34.2 Å². The highest BCUT2D eigenvalue weighted by Crippen LogP contribution is 2.47. The zero-order valence-electron chi connectivity index (χ0n) is 31.1. The van der Waals surface area contributed by atoms with Gasteiger partial charge in [0, 0.05) is 74.3 Å². The van der Waals surface area contributed by atoms with E-state index < -0.39 is 11.2 Å². The second-order valence-corrected chi connectivity index (χ2v) is 15.5. The Bertz CT molecular complexity index is 2500. The molecule has 2 saturated heterocycles. The molecule has 2 aliphatic heterocycles. The average Bonchev–Trinajstić information content (AvgIpc) is 3.79. The van der Waals surface area contributed by atoms with Crippen molar-refractivity contribution in [2.75, 3.05) is 45.2 Å². The van der Waals surface area contributed by atoms with Gasteiger partial charge in [0.25, 0.3) is 5.56 Å². The van der Waals surface area contributed by atoms with Gasteiger partial charge < -0.3 is 25.4 Å². The van der Waals surface area contributed by atoms with E-state index in [-0.39, 0.29) is 35.4 Å². The molecular weight excluding hydrogens is 743 g/mol. The maximum atomic E-state index is 13.3. The smallest absolute Gasteiger partial charge is 0.330 e. The molecule has 55 heavy (non-hydrogen) atoms. The van der Waals surface area contributed by atoms with E-state index in [2.05, 4.69) is 26.6 Å². The molecule has 0 saturated carbocycles. The van der Waals surface area contributed by atoms with Gasteiger partial charge in [-0.05, 0) is 56.4 Å². The van der Waals surface area contributed by atoms with E-state index in [0.29, 0.717) is 62.7 Å². The topological polar surface area (TPSA) is 147 Å². The number of methoxy groups -OCH3 is 1. The number of aliphatic hydroxyl groups is 1. The van der Waals surface area contributed by atoms with E-state index in [0.717, 1.165) is 60.0 Å². The fourth-order valence-corrected chi connectivity index (χ4v) is 9.18. The fraction of sp³-hybridized carbons (Fsp3) is 0.375. The second kappa shape index (κ2) is 14.3. The number of carbonyl (C=O) groups is 1. The van der Waals surface area contributed by atoms with Gasteiger partial charge in [0.2, 0.25) is 5.88 Å². The molecule has 0 radical (unpaired) electrons. The molecule has 1 aliphatic carbocycles. The van der Waals surface area contributed by atoms with Gasteiger partial charge in [-0.25, -0.2) is 19.6 Å². The first kappa shape index (κ1) is 37.0. The van der Waals surface area contributed by atoms with E-state index in [1.165, 1.54) is 11.6 Å². The van der Waals surface area contributed by atoms with Gasteiger partial charge in [0.05, 0.1) is 46.2 Å². The molecule has 3 N–H and O–H groups in total. The number of anilines is 2. The fourth-order valence-electron chi connectivity index (χ4n) is 8.58. The van der Waals surface area contributed by atoms with Gasteiger partial charge in [-0.2, -0.15) is 0 Å². The van der Waals surface area contributed by atoms with Crippen molar-refractivity contribution in [2.24, 2.45) is 14.1 Å². The molecule has 0 bridgehead atoms. The van der Waals surface area contributed by atoms with Crippen molar-refractivity contribution in [3.8, 4) is 28.3 Å². The zero-order valence-corrected chi connectivity index (χ0v) is 32.6. The van der Waals surface area contributed by atoms with Crippen LogP contribution in [0.3, 0.4) is 0 Å². The molecule has 15 heteroatoms. The van der Waals surface area contributed by atoms with Crippen molar-refractivity contribution in [3.05, 3.63) is 96.2 Å². The lowest BCUT2D eigenvalue weighted by Crippen LogP contribution is -2.61. The Kier molecular flexibility index (Phi) is 9.61. The minimum atomic E-state index is -0.465. The Hall–Kier alpha value is -4.95. The summed E-state index contributed by atoms with van der Waals surface area (Å²) >= 11 is 14.3. The predicted octanol–water partition coefficient (Wildman–Crippen LogP) is 5.57. The predicted molar refractivity (Wildman–Crippen MR) is 214 cm³/mol. The lowest BCUT2D eigenvalue weighted by Gasteiger charge is -2.40. The number of hydrogen-bond acceptors (Lipinski definition) is 9. The Labute approximate surface area is 327 Å². The van der Waals surface area contributed by atoms with E-state index in [9.17, 15) is 19.5 Å². The lowest BCUT2D eigenvalue weighted by atomic mass is 9.92. The van der Waals surface area contributed by atoms with Gasteiger partial charge in [-0.3, -0.25) is 18.8 Å². The highest BCUT2D eigenvalue weighted by Gasteiger charge is 2.46. The van der Waals surface area contributed by atoms with Gasteiger partial charge >= 0.3 is 11.7 Å². The summed E-state index contributed by atoms with van der Waals surface area (Å²) in [6.07, 6.45) is 3.46. The van der Waals surface area contributed by atoms with Gasteiger partial charge in [0.15, 0.2) is 0 Å². The number of hydrogen-bond donors (Lipinski definition) is 3. The Morgan fingerprint density at radius 1 is 0.982 bits per heavy atom. The van der Waals surface area contributed by atoms with Crippen molar-refractivity contribution in [2.45, 2.75) is 44.2 Å². The minimum Gasteiger partial charge on any atom is -0.481 e. The number of nitrogens with zero attached hydrogens (tertiary/aromatic N) is 6. The number of rotatable bonds is 8. The minimum absolute atomic E-state index is 0.0475. The molecule has 5 heterocycles. The van der Waals surface area contributed by atoms with Crippen LogP contribution in [0.15, 0.2) is 58.1 Å². The summed E-state index contributed by atoms with van der Waals surface area (Å²) in [5.41, 5.74) is 5.43. The number of likely N-dealkylation sites (tertiary alicyclic amines) is 1. The molecular formula is C40H42Cl2N8O5. The maximum absolute atomic E-state index is 13.3. The number of urea groups is 1. The quantitative estimate of drug-likeness (QED) is 0.184. The molecule has 1 spiro atoms. The molecule has 2 fully saturated rings. The molecule has 2 aromatic carbocycles. The third-order valence-corrected chi connectivity index (χ3v) is 12.2. The summed E-state index contributed by atoms with van der Waals surface area (Å²) in [6.45, 7) is 4.32. The van der Waals surface area contributed by atoms with Crippen LogP contribution in [0.2, 0.25) is 10.0 Å². The molecule has 2 atom stereocenters. The van der Waals surface area contributed by atoms with Crippen molar-refractivity contribution in [3.63, 3.8) is 0 Å². The number of carbonyl (C=O) groups excluding carboxylic acids is 1. The Balaban J connectivity index is 1.10. The highest BCUT2D eigenvalue weighted by atomic mass is 35.5. The monoisotopic (exact) mass is 784 g/mol. The number of β-amino-alcohol motifs (C(OH)–C–C–N with tert-alkyl or cyclic N) is 1. The SMILES string of the molecule is COc1nc(-c2cccc(-c3cccc(Nc4nc(C)cc5c4c(=O)n(C)c(=O)n5C)c3Cl)c2Cl)cc2c1[C@H](N1CC[C@]3(CCN(CCO)C(=O)N3)C1)CC2. The van der Waals surface area contributed by atoms with E-state index in [1.807, 2.05) is 30.3 Å². The summed E-state index contributed by atoms with van der Waals surface area (Å²) in [6, 6.07) is 15.1. The number of aliphatic hydroxyl groups excluding tert-OH is 1. The number of halogens is 2. The first-order valence-electron chi connectivity index (χ1n) is 18.4. The van der Waals surface area contributed by atoms with Crippen LogP contribution in [0.4, 0.5) is 16.3 Å². The van der Waals surface area contributed by atoms with Crippen molar-refractivity contribution >= 4 is 51.6 Å². The Morgan fingerprint density at radius 3 is 2.45 bits per heavy atom. The number of ether oxygens (including phenoxy) is 1. The van der Waals surface area contributed by atoms with E-state index in [4.69, 9.17) is 32.9 Å². The first-order valence-corrected chi connectivity index (χ1v) is 19.1. The summed E-state index contributed by atoms with van der Waals surface area (Å²) < 4.78 is 8.45. The lowest BCUT2D eigenvalue weighted by molar-refractivity contribution is 0.127. The Morgan fingerprint density at radius 2 is 1.71 bits per heavy atom. The molecule has 0 unspecified atom stereocenters. The summed E-state index contributed by atoms with van der Waals surface area (Å²) in [5.74, 6) is 0.847. The largest absolute Gasteiger partial charge is 0.481 e. The van der Waals surface area contributed by atoms with Crippen LogP contribution in [0.1, 0.15) is 42.1 Å². The zero-order chi connectivity index (χ0) is 38.8. The standard InChI is InChI=1S/C40H42Cl2N8O5/c1-22-19-30-32(37(52)48(3)39(54)47(30)2)35(43-22)44-27-10-6-8-25(34(27)42)24-7-5-9-26(33(24)41)28-20-23-11-12-29(31(23)36(45-28)55-4)50-16-14-40(21-50)13-15-49(17-18-51)38(53)46-40/h5-10,19-20,29,51H,11-18,21H2,1-4H3,(H,43,44)(H,46,53)/t29-,40-/m1/s1. The van der Waals surface area contributed by atoms with Crippen molar-refractivity contribution in [1.29, 1.82) is 0 Å². The molecule has 3 aliphatic rings. The molecule has 8 rings (SSSR count). The third-order valence-electron chi connectivity index (χ3n) is 11.4. The van der Waals surface area contributed by atoms with Gasteiger partial charge in [0.1, 0.15) is 11.2 Å². The maximum Gasteiger partial charge on any atom is 0.330 e. The molecule has 13 nitrogen and oxygen atoms in total. The summed E-state index contributed by atoms with van der Waals surface area (Å²) in [7, 11) is 4.70. The van der Waals surface area contributed by atoms with Crippen LogP contribution in [0, 0.1) is 6.92 Å². The number of amides is 2.